The lowest BCUT2D eigenvalue weighted by atomic mass is 9.99. The van der Waals surface area contributed by atoms with Crippen molar-refractivity contribution in [2.75, 3.05) is 0 Å². The van der Waals surface area contributed by atoms with Gasteiger partial charge in [-0.05, 0) is 36.2 Å². The van der Waals surface area contributed by atoms with E-state index >= 15 is 0 Å². The SMILES string of the molecule is CC[n+]1ccn2c(=O)c(-c3cccc(-c4ccc(C(F)(F)F)cc4Cl)c3)c([O-])n(Cc3cnc(Cl)s3)c21. The highest BCUT2D eigenvalue weighted by Crippen LogP contribution is 2.37. The fourth-order valence-electron chi connectivity index (χ4n) is 4.22. The quantitative estimate of drug-likeness (QED) is 0.259. The summed E-state index contributed by atoms with van der Waals surface area (Å²) in [6, 6.07) is 9.52. The van der Waals surface area contributed by atoms with Crippen molar-refractivity contribution in [1.29, 1.82) is 0 Å². The summed E-state index contributed by atoms with van der Waals surface area (Å²) in [6.45, 7) is 2.57. The van der Waals surface area contributed by atoms with Crippen molar-refractivity contribution in [2.24, 2.45) is 0 Å². The highest BCUT2D eigenvalue weighted by molar-refractivity contribution is 7.15. The van der Waals surface area contributed by atoms with E-state index in [2.05, 4.69) is 4.98 Å². The number of alkyl halides is 3. The molecule has 0 aliphatic carbocycles. The van der Waals surface area contributed by atoms with Crippen LogP contribution >= 0.6 is 34.5 Å². The van der Waals surface area contributed by atoms with Crippen molar-refractivity contribution < 1.29 is 22.8 Å². The van der Waals surface area contributed by atoms with E-state index in [1.54, 1.807) is 47.4 Å². The molecule has 0 atom stereocenters. The Bertz CT molecular complexity index is 1710. The molecule has 0 N–H and O–H groups in total. The molecule has 5 aromatic rings. The first-order valence-corrected chi connectivity index (χ1v) is 12.6. The molecular weight excluding hydrogens is 548 g/mol. The average Bonchev–Trinajstić information content (AvgIpc) is 3.47. The number of hydrogen-bond acceptors (Lipinski definition) is 4. The number of benzene rings is 2. The van der Waals surface area contributed by atoms with Gasteiger partial charge in [0, 0.05) is 22.7 Å². The fourth-order valence-corrected chi connectivity index (χ4v) is 5.47. The highest BCUT2D eigenvalue weighted by atomic mass is 35.5. The van der Waals surface area contributed by atoms with Crippen molar-refractivity contribution in [3.8, 4) is 28.1 Å². The Hall–Kier alpha value is -3.34. The molecular formula is C25H17Cl2F3N4O2S. The monoisotopic (exact) mass is 564 g/mol. The molecule has 0 saturated carbocycles. The van der Waals surface area contributed by atoms with E-state index in [0.717, 1.165) is 17.0 Å². The smallest absolute Gasteiger partial charge is 0.416 e. The second-order valence-electron chi connectivity index (χ2n) is 8.18. The summed E-state index contributed by atoms with van der Waals surface area (Å²) in [5, 5.41) is 13.7. The molecule has 0 radical (unpaired) electrons. The lowest BCUT2D eigenvalue weighted by Crippen LogP contribution is -2.37. The topological polar surface area (TPSA) is 66.2 Å². The predicted octanol–water partition coefficient (Wildman–Crippen LogP) is 5.65. The molecule has 0 aliphatic heterocycles. The fraction of sp³-hybridized carbons (Fsp3) is 0.160. The maximum Gasteiger partial charge on any atom is 0.416 e. The Kier molecular flexibility index (Phi) is 6.51. The van der Waals surface area contributed by atoms with E-state index < -0.39 is 23.2 Å². The first kappa shape index (κ1) is 25.3. The molecule has 3 heterocycles. The van der Waals surface area contributed by atoms with Crippen LogP contribution in [-0.2, 0) is 19.3 Å². The molecule has 0 spiro atoms. The highest BCUT2D eigenvalue weighted by Gasteiger charge is 2.31. The van der Waals surface area contributed by atoms with E-state index in [1.165, 1.54) is 26.4 Å². The van der Waals surface area contributed by atoms with Crippen LogP contribution in [0.25, 0.3) is 28.0 Å². The van der Waals surface area contributed by atoms with Crippen LogP contribution in [0, 0.1) is 0 Å². The van der Waals surface area contributed by atoms with E-state index in [-0.39, 0.29) is 17.1 Å². The Labute approximate surface area is 222 Å². The predicted molar refractivity (Wildman–Crippen MR) is 134 cm³/mol. The van der Waals surface area contributed by atoms with E-state index in [9.17, 15) is 23.1 Å². The maximum atomic E-state index is 13.8. The van der Waals surface area contributed by atoms with Gasteiger partial charge in [0.1, 0.15) is 12.7 Å². The standard InChI is InChI=1S/C25H17Cl2F3N4O2S/c1-2-32-8-9-33-21(35)20(22(36)34(24(32)33)13-17-12-31-23(27)37-17)15-5-3-4-14(10-15)18-7-6-16(11-19(18)26)25(28,29)30/h3-12H,2,13H2,1H3. The van der Waals surface area contributed by atoms with Gasteiger partial charge in [-0.3, -0.25) is 0 Å². The van der Waals surface area contributed by atoms with Crippen LogP contribution in [0.3, 0.4) is 0 Å². The number of hydrogen-bond donors (Lipinski definition) is 0. The Morgan fingerprint density at radius 3 is 2.54 bits per heavy atom. The third-order valence-corrected chi connectivity index (χ3v) is 7.35. The van der Waals surface area contributed by atoms with Gasteiger partial charge >= 0.3 is 17.5 Å². The van der Waals surface area contributed by atoms with Crippen molar-refractivity contribution in [1.82, 2.24) is 14.0 Å². The number of aryl methyl sites for hydroxylation is 1. The van der Waals surface area contributed by atoms with Crippen LogP contribution in [0.2, 0.25) is 9.49 Å². The lowest BCUT2D eigenvalue weighted by molar-refractivity contribution is -0.670. The normalized spacial score (nSPS) is 11.9. The molecule has 190 valence electrons. The number of nitrogens with zero attached hydrogens (tertiary/aromatic N) is 4. The molecule has 2 aromatic carbocycles. The third kappa shape index (κ3) is 4.60. The number of imidazole rings is 1. The van der Waals surface area contributed by atoms with Crippen LogP contribution in [0.1, 0.15) is 17.4 Å². The summed E-state index contributed by atoms with van der Waals surface area (Å²) in [5.74, 6) is -0.105. The molecule has 0 saturated heterocycles. The average molecular weight is 565 g/mol. The molecule has 0 unspecified atom stereocenters. The van der Waals surface area contributed by atoms with Gasteiger partial charge in [-0.15, -0.1) is 11.3 Å². The maximum absolute atomic E-state index is 13.8. The van der Waals surface area contributed by atoms with Crippen molar-refractivity contribution in [3.05, 3.63) is 91.3 Å². The van der Waals surface area contributed by atoms with E-state index in [0.29, 0.717) is 33.5 Å². The summed E-state index contributed by atoms with van der Waals surface area (Å²) >= 11 is 13.4. The van der Waals surface area contributed by atoms with E-state index in [4.69, 9.17) is 23.2 Å². The largest absolute Gasteiger partial charge is 0.848 e. The molecule has 0 aliphatic rings. The van der Waals surface area contributed by atoms with Gasteiger partial charge in [0.15, 0.2) is 4.47 Å². The molecule has 0 fully saturated rings. The van der Waals surface area contributed by atoms with Gasteiger partial charge in [0.2, 0.25) is 0 Å². The minimum atomic E-state index is -4.53. The Morgan fingerprint density at radius 1 is 1.14 bits per heavy atom. The molecule has 37 heavy (non-hydrogen) atoms. The van der Waals surface area contributed by atoms with Crippen molar-refractivity contribution >= 4 is 40.3 Å². The van der Waals surface area contributed by atoms with Crippen LogP contribution < -0.4 is 15.2 Å². The zero-order chi connectivity index (χ0) is 26.5. The zero-order valence-corrected chi connectivity index (χ0v) is 21.4. The zero-order valence-electron chi connectivity index (χ0n) is 19.1. The van der Waals surface area contributed by atoms with E-state index in [1.807, 2.05) is 6.92 Å². The number of halogens is 5. The summed E-state index contributed by atoms with van der Waals surface area (Å²) in [4.78, 5) is 18.3. The van der Waals surface area contributed by atoms with Gasteiger partial charge in [-0.25, -0.2) is 18.9 Å². The Morgan fingerprint density at radius 2 is 1.89 bits per heavy atom. The molecule has 6 nitrogen and oxygen atoms in total. The van der Waals surface area contributed by atoms with Gasteiger partial charge in [-0.1, -0.05) is 47.5 Å². The molecule has 5 rings (SSSR count). The summed E-state index contributed by atoms with van der Waals surface area (Å²) < 4.78 is 44.3. The summed E-state index contributed by atoms with van der Waals surface area (Å²) in [6.07, 6.45) is 0.356. The number of aromatic nitrogens is 4. The minimum absolute atomic E-state index is 0.0770. The molecule has 0 bridgehead atoms. The summed E-state index contributed by atoms with van der Waals surface area (Å²) in [7, 11) is 0. The lowest BCUT2D eigenvalue weighted by Gasteiger charge is -2.18. The number of fused-ring (bicyclic) bond motifs is 1. The molecule has 3 aromatic heterocycles. The van der Waals surface area contributed by atoms with Crippen LogP contribution in [0.5, 0.6) is 5.88 Å². The number of thiazole rings is 1. The van der Waals surface area contributed by atoms with Gasteiger partial charge in [0.05, 0.1) is 28.7 Å². The van der Waals surface area contributed by atoms with Crippen LogP contribution in [0.4, 0.5) is 13.2 Å². The second-order valence-corrected chi connectivity index (χ2v) is 10.3. The third-order valence-electron chi connectivity index (χ3n) is 5.94. The Balaban J connectivity index is 1.69. The first-order valence-electron chi connectivity index (χ1n) is 11.0. The molecule has 12 heteroatoms. The van der Waals surface area contributed by atoms with Gasteiger partial charge in [-0.2, -0.15) is 17.6 Å². The van der Waals surface area contributed by atoms with Gasteiger partial charge < -0.3 is 5.11 Å². The molecule has 0 amide bonds. The van der Waals surface area contributed by atoms with Gasteiger partial charge in [0.25, 0.3) is 0 Å². The van der Waals surface area contributed by atoms with Crippen molar-refractivity contribution in [2.45, 2.75) is 26.2 Å². The van der Waals surface area contributed by atoms with Crippen LogP contribution in [-0.4, -0.2) is 14.0 Å². The number of rotatable bonds is 5. The van der Waals surface area contributed by atoms with Crippen LogP contribution in [0.15, 0.2) is 65.8 Å². The summed E-state index contributed by atoms with van der Waals surface area (Å²) in [5.41, 5.74) is -0.333. The first-order chi connectivity index (χ1) is 17.6. The van der Waals surface area contributed by atoms with Crippen molar-refractivity contribution in [3.63, 3.8) is 0 Å². The second kappa shape index (κ2) is 9.51. The minimum Gasteiger partial charge on any atom is -0.848 e.